The Morgan fingerprint density at radius 1 is 1.08 bits per heavy atom. The number of aromatic nitrogens is 2. The summed E-state index contributed by atoms with van der Waals surface area (Å²) in [5, 5.41) is 0. The monoisotopic (exact) mass is 352 g/mol. The molecule has 138 valence electrons. The molecule has 0 unspecified atom stereocenters. The molecule has 0 bridgehead atoms. The van der Waals surface area contributed by atoms with Gasteiger partial charge < -0.3 is 9.64 Å². The Morgan fingerprint density at radius 3 is 2.54 bits per heavy atom. The largest absolute Gasteiger partial charge is 0.497 e. The highest BCUT2D eigenvalue weighted by molar-refractivity contribution is 5.31. The smallest absolute Gasteiger partial charge is 0.225 e. The third kappa shape index (κ3) is 3.68. The van der Waals surface area contributed by atoms with E-state index in [9.17, 15) is 0 Å². The van der Waals surface area contributed by atoms with Crippen molar-refractivity contribution in [2.75, 3.05) is 38.2 Å². The molecule has 0 aliphatic carbocycles. The summed E-state index contributed by atoms with van der Waals surface area (Å²) in [5.74, 6) is 1.83. The van der Waals surface area contributed by atoms with E-state index in [0.29, 0.717) is 5.41 Å². The standard InChI is InChI=1S/C21H28N4O/c1-17-13-22-20(23-14-17)25-10-7-21(8-11-25)6-9-24(16-21)15-18-4-3-5-19(12-18)26-2/h3-5,12-14H,6-11,15-16H2,1-2H3. The molecule has 2 aliphatic rings. The summed E-state index contributed by atoms with van der Waals surface area (Å²) in [6.07, 6.45) is 7.60. The molecular weight excluding hydrogens is 324 g/mol. The minimum Gasteiger partial charge on any atom is -0.497 e. The highest BCUT2D eigenvalue weighted by atomic mass is 16.5. The number of hydrogen-bond acceptors (Lipinski definition) is 5. The van der Waals surface area contributed by atoms with E-state index in [1.807, 2.05) is 25.4 Å². The fourth-order valence-electron chi connectivity index (χ4n) is 4.33. The number of likely N-dealkylation sites (tertiary alicyclic amines) is 1. The zero-order valence-electron chi connectivity index (χ0n) is 15.8. The van der Waals surface area contributed by atoms with Crippen LogP contribution >= 0.6 is 0 Å². The van der Waals surface area contributed by atoms with Crippen molar-refractivity contribution in [1.82, 2.24) is 14.9 Å². The van der Waals surface area contributed by atoms with Crippen LogP contribution in [0.4, 0.5) is 5.95 Å². The van der Waals surface area contributed by atoms with Gasteiger partial charge in [0.1, 0.15) is 5.75 Å². The number of methoxy groups -OCH3 is 1. The molecule has 0 N–H and O–H groups in total. The second-order valence-corrected chi connectivity index (χ2v) is 7.86. The van der Waals surface area contributed by atoms with Gasteiger partial charge in [-0.1, -0.05) is 12.1 Å². The highest BCUT2D eigenvalue weighted by Gasteiger charge is 2.40. The van der Waals surface area contributed by atoms with Gasteiger partial charge in [-0.15, -0.1) is 0 Å². The number of nitrogens with zero attached hydrogens (tertiary/aromatic N) is 4. The molecular formula is C21H28N4O. The summed E-state index contributed by atoms with van der Waals surface area (Å²) >= 11 is 0. The zero-order valence-corrected chi connectivity index (χ0v) is 15.8. The average molecular weight is 352 g/mol. The first-order valence-corrected chi connectivity index (χ1v) is 9.55. The summed E-state index contributed by atoms with van der Waals surface area (Å²) in [7, 11) is 1.73. The second-order valence-electron chi connectivity index (χ2n) is 7.86. The molecule has 0 saturated carbocycles. The Bertz CT molecular complexity index is 738. The summed E-state index contributed by atoms with van der Waals surface area (Å²) in [6.45, 7) is 7.57. The maximum atomic E-state index is 5.35. The fraction of sp³-hybridized carbons (Fsp3) is 0.524. The molecule has 0 atom stereocenters. The van der Waals surface area contributed by atoms with E-state index in [4.69, 9.17) is 4.74 Å². The maximum absolute atomic E-state index is 5.35. The summed E-state index contributed by atoms with van der Waals surface area (Å²) < 4.78 is 5.35. The van der Waals surface area contributed by atoms with Crippen LogP contribution in [0.5, 0.6) is 5.75 Å². The molecule has 0 amide bonds. The molecule has 2 fully saturated rings. The predicted octanol–water partition coefficient (Wildman–Crippen LogP) is 3.29. The first kappa shape index (κ1) is 17.3. The van der Waals surface area contributed by atoms with E-state index >= 15 is 0 Å². The number of benzene rings is 1. The van der Waals surface area contributed by atoms with Crippen molar-refractivity contribution in [3.63, 3.8) is 0 Å². The number of anilines is 1. The van der Waals surface area contributed by atoms with Crippen molar-refractivity contribution >= 4 is 5.95 Å². The number of hydrogen-bond donors (Lipinski definition) is 0. The van der Waals surface area contributed by atoms with E-state index in [1.54, 1.807) is 7.11 Å². The first-order valence-electron chi connectivity index (χ1n) is 9.55. The van der Waals surface area contributed by atoms with Crippen molar-refractivity contribution in [1.29, 1.82) is 0 Å². The van der Waals surface area contributed by atoms with Crippen LogP contribution in [-0.2, 0) is 6.54 Å². The highest BCUT2D eigenvalue weighted by Crippen LogP contribution is 2.41. The normalized spacial score (nSPS) is 19.8. The SMILES string of the molecule is COc1cccc(CN2CCC3(CCN(c4ncc(C)cn4)CC3)C2)c1. The van der Waals surface area contributed by atoms with Crippen molar-refractivity contribution in [2.45, 2.75) is 32.7 Å². The molecule has 5 nitrogen and oxygen atoms in total. The summed E-state index contributed by atoms with van der Waals surface area (Å²) in [6, 6.07) is 8.45. The van der Waals surface area contributed by atoms with Gasteiger partial charge in [0.25, 0.3) is 0 Å². The number of rotatable bonds is 4. The van der Waals surface area contributed by atoms with Gasteiger partial charge in [-0.05, 0) is 61.4 Å². The van der Waals surface area contributed by atoms with E-state index in [2.05, 4.69) is 38.0 Å². The van der Waals surface area contributed by atoms with E-state index in [1.165, 1.54) is 37.9 Å². The molecule has 1 aromatic carbocycles. The van der Waals surface area contributed by atoms with E-state index in [-0.39, 0.29) is 0 Å². The Hall–Kier alpha value is -2.14. The van der Waals surface area contributed by atoms with Gasteiger partial charge >= 0.3 is 0 Å². The number of aryl methyl sites for hydroxylation is 1. The van der Waals surface area contributed by atoms with Gasteiger partial charge in [-0.25, -0.2) is 9.97 Å². The van der Waals surface area contributed by atoms with Crippen LogP contribution < -0.4 is 9.64 Å². The minimum absolute atomic E-state index is 0.472. The van der Waals surface area contributed by atoms with E-state index < -0.39 is 0 Å². The van der Waals surface area contributed by atoms with E-state index in [0.717, 1.165) is 36.9 Å². The van der Waals surface area contributed by atoms with Crippen LogP contribution in [0.1, 0.15) is 30.4 Å². The number of ether oxygens (including phenoxy) is 1. The van der Waals surface area contributed by atoms with Gasteiger partial charge in [0.15, 0.2) is 0 Å². The van der Waals surface area contributed by atoms with Gasteiger partial charge in [0, 0.05) is 38.6 Å². The van der Waals surface area contributed by atoms with Gasteiger partial charge in [-0.3, -0.25) is 4.90 Å². The van der Waals surface area contributed by atoms with Crippen LogP contribution in [0.2, 0.25) is 0 Å². The third-order valence-electron chi connectivity index (χ3n) is 5.93. The van der Waals surface area contributed by atoms with Gasteiger partial charge in [0.05, 0.1) is 7.11 Å². The second kappa shape index (κ2) is 7.23. The summed E-state index contributed by atoms with van der Waals surface area (Å²) in [5.41, 5.74) is 2.93. The summed E-state index contributed by atoms with van der Waals surface area (Å²) in [4.78, 5) is 13.9. The molecule has 26 heavy (non-hydrogen) atoms. The molecule has 1 spiro atoms. The fourth-order valence-corrected chi connectivity index (χ4v) is 4.33. The molecule has 5 heteroatoms. The molecule has 2 aromatic rings. The van der Waals surface area contributed by atoms with Gasteiger partial charge in [0.2, 0.25) is 5.95 Å². The lowest BCUT2D eigenvalue weighted by atomic mass is 9.78. The van der Waals surface area contributed by atoms with Crippen LogP contribution in [0.15, 0.2) is 36.7 Å². The Labute approximate surface area is 156 Å². The lowest BCUT2D eigenvalue weighted by Crippen LogP contribution is -2.42. The number of piperidine rings is 1. The van der Waals surface area contributed by atoms with Crippen molar-refractivity contribution in [2.24, 2.45) is 5.41 Å². The molecule has 1 aromatic heterocycles. The molecule has 2 saturated heterocycles. The van der Waals surface area contributed by atoms with Gasteiger partial charge in [-0.2, -0.15) is 0 Å². The maximum Gasteiger partial charge on any atom is 0.225 e. The Kier molecular flexibility index (Phi) is 4.81. The first-order chi connectivity index (χ1) is 12.7. The van der Waals surface area contributed by atoms with Crippen molar-refractivity contribution < 1.29 is 4.74 Å². The quantitative estimate of drug-likeness (QED) is 0.845. The van der Waals surface area contributed by atoms with Crippen molar-refractivity contribution in [3.8, 4) is 5.75 Å². The molecule has 0 radical (unpaired) electrons. The predicted molar refractivity (Wildman–Crippen MR) is 104 cm³/mol. The average Bonchev–Trinajstić information content (AvgIpc) is 3.05. The topological polar surface area (TPSA) is 41.5 Å². The third-order valence-corrected chi connectivity index (χ3v) is 5.93. The lowest BCUT2D eigenvalue weighted by Gasteiger charge is -2.39. The molecule has 4 rings (SSSR count). The lowest BCUT2D eigenvalue weighted by molar-refractivity contribution is 0.205. The van der Waals surface area contributed by atoms with Crippen molar-refractivity contribution in [3.05, 3.63) is 47.8 Å². The van der Waals surface area contributed by atoms with Crippen LogP contribution in [-0.4, -0.2) is 48.2 Å². The van der Waals surface area contributed by atoms with Crippen LogP contribution in [0, 0.1) is 12.3 Å². The van der Waals surface area contributed by atoms with Crippen LogP contribution in [0.3, 0.4) is 0 Å². The Balaban J connectivity index is 1.34. The molecule has 3 heterocycles. The van der Waals surface area contributed by atoms with Crippen LogP contribution in [0.25, 0.3) is 0 Å². The zero-order chi connectivity index (χ0) is 18.0. The minimum atomic E-state index is 0.472. The Morgan fingerprint density at radius 2 is 1.81 bits per heavy atom. The molecule has 2 aliphatic heterocycles.